The number of benzene rings is 1. The van der Waals surface area contributed by atoms with Crippen molar-refractivity contribution in [2.45, 2.75) is 33.2 Å². The van der Waals surface area contributed by atoms with Crippen LogP contribution in [-0.4, -0.2) is 6.04 Å². The van der Waals surface area contributed by atoms with Crippen LogP contribution < -0.4 is 4.90 Å². The highest BCUT2D eigenvalue weighted by Gasteiger charge is 2.16. The molecule has 0 radical (unpaired) electrons. The molecule has 1 nitrogen and oxygen atoms in total. The first kappa shape index (κ1) is 16.1. The van der Waals surface area contributed by atoms with Crippen LogP contribution in [0, 0.1) is 0 Å². The Labute approximate surface area is 134 Å². The molecule has 1 aliphatic carbocycles. The molecule has 0 spiro atoms. The van der Waals surface area contributed by atoms with Gasteiger partial charge in [-0.1, -0.05) is 66.3 Å². The van der Waals surface area contributed by atoms with Crippen molar-refractivity contribution >= 4 is 5.69 Å². The molecule has 1 unspecified atom stereocenters. The van der Waals surface area contributed by atoms with Gasteiger partial charge in [-0.15, -0.1) is 0 Å². The number of rotatable bonds is 5. The quantitative estimate of drug-likeness (QED) is 0.619. The topological polar surface area (TPSA) is 3.24 Å². The van der Waals surface area contributed by atoms with E-state index in [2.05, 4.69) is 97.7 Å². The molecular weight excluding hydrogens is 266 g/mol. The molecule has 2 rings (SSSR count). The molecular formula is C21H25N. The monoisotopic (exact) mass is 291 g/mol. The third-order valence-electron chi connectivity index (χ3n) is 3.69. The van der Waals surface area contributed by atoms with Gasteiger partial charge in [0.15, 0.2) is 0 Å². The van der Waals surface area contributed by atoms with Crippen LogP contribution >= 0.6 is 0 Å². The van der Waals surface area contributed by atoms with Crippen molar-refractivity contribution in [3.8, 4) is 0 Å². The first-order valence-corrected chi connectivity index (χ1v) is 7.90. The minimum absolute atomic E-state index is 0.296. The normalized spacial score (nSPS) is 16.5. The predicted molar refractivity (Wildman–Crippen MR) is 97.9 cm³/mol. The standard InChI is InChI=1S/C21H25N/c1-4-5-7-12-19(3)22(20-13-8-6-9-14-20)21-15-10-11-18(2)16-17-21/h4-14,16-17,19H,15H2,1-3H3/b5-4-,12-7-. The smallest absolute Gasteiger partial charge is 0.0494 e. The molecule has 0 saturated carbocycles. The SMILES string of the molecule is C/C=C\C=C/C(C)N(C1=CC=C(C)C=CC1)c1ccccc1. The summed E-state index contributed by atoms with van der Waals surface area (Å²) in [6.07, 6.45) is 18.3. The maximum Gasteiger partial charge on any atom is 0.0494 e. The molecule has 0 aliphatic heterocycles. The van der Waals surface area contributed by atoms with Crippen LogP contribution in [0.3, 0.4) is 0 Å². The molecule has 1 heteroatoms. The lowest BCUT2D eigenvalue weighted by molar-refractivity contribution is 0.803. The molecule has 0 heterocycles. The summed E-state index contributed by atoms with van der Waals surface area (Å²) < 4.78 is 0. The van der Waals surface area contributed by atoms with Gasteiger partial charge in [0, 0.05) is 23.8 Å². The zero-order valence-corrected chi connectivity index (χ0v) is 13.7. The minimum atomic E-state index is 0.296. The molecule has 0 saturated heterocycles. The fourth-order valence-corrected chi connectivity index (χ4v) is 2.57. The Hall–Kier alpha value is -2.28. The van der Waals surface area contributed by atoms with Crippen molar-refractivity contribution in [3.05, 3.63) is 90.2 Å². The van der Waals surface area contributed by atoms with Crippen molar-refractivity contribution < 1.29 is 0 Å². The van der Waals surface area contributed by atoms with Crippen LogP contribution in [0.15, 0.2) is 90.2 Å². The second kappa shape index (κ2) is 8.23. The summed E-state index contributed by atoms with van der Waals surface area (Å²) in [5.74, 6) is 0. The summed E-state index contributed by atoms with van der Waals surface area (Å²) in [6.45, 7) is 6.41. The first-order valence-electron chi connectivity index (χ1n) is 7.90. The van der Waals surface area contributed by atoms with Crippen LogP contribution in [0.2, 0.25) is 0 Å². The Morgan fingerprint density at radius 2 is 1.86 bits per heavy atom. The van der Waals surface area contributed by atoms with E-state index in [0.717, 1.165) is 6.42 Å². The second-order valence-electron chi connectivity index (χ2n) is 5.53. The average molecular weight is 291 g/mol. The van der Waals surface area contributed by atoms with Crippen molar-refractivity contribution in [2.75, 3.05) is 4.90 Å². The summed E-state index contributed by atoms with van der Waals surface area (Å²) in [4.78, 5) is 2.40. The summed E-state index contributed by atoms with van der Waals surface area (Å²) in [5.41, 5.74) is 3.84. The van der Waals surface area contributed by atoms with E-state index in [1.54, 1.807) is 0 Å². The number of hydrogen-bond acceptors (Lipinski definition) is 1. The molecule has 22 heavy (non-hydrogen) atoms. The molecule has 0 amide bonds. The Morgan fingerprint density at radius 1 is 1.09 bits per heavy atom. The van der Waals surface area contributed by atoms with Crippen LogP contribution in [0.25, 0.3) is 0 Å². The van der Waals surface area contributed by atoms with E-state index in [9.17, 15) is 0 Å². The van der Waals surface area contributed by atoms with Crippen LogP contribution in [0.5, 0.6) is 0 Å². The van der Waals surface area contributed by atoms with Gasteiger partial charge in [-0.2, -0.15) is 0 Å². The molecule has 1 atom stereocenters. The molecule has 0 bridgehead atoms. The summed E-state index contributed by atoms with van der Waals surface area (Å²) >= 11 is 0. The summed E-state index contributed by atoms with van der Waals surface area (Å²) in [7, 11) is 0. The number of hydrogen-bond donors (Lipinski definition) is 0. The molecule has 0 aromatic heterocycles. The van der Waals surface area contributed by atoms with Gasteiger partial charge in [0.05, 0.1) is 0 Å². The van der Waals surface area contributed by atoms with Crippen molar-refractivity contribution in [1.82, 2.24) is 0 Å². The summed E-state index contributed by atoms with van der Waals surface area (Å²) in [5, 5.41) is 0. The van der Waals surface area contributed by atoms with Gasteiger partial charge in [-0.05, 0) is 39.0 Å². The highest BCUT2D eigenvalue weighted by molar-refractivity contribution is 5.55. The number of nitrogens with zero attached hydrogens (tertiary/aromatic N) is 1. The van der Waals surface area contributed by atoms with Gasteiger partial charge in [0.2, 0.25) is 0 Å². The van der Waals surface area contributed by atoms with Crippen LogP contribution in [0.4, 0.5) is 5.69 Å². The van der Waals surface area contributed by atoms with Crippen LogP contribution in [-0.2, 0) is 0 Å². The highest BCUT2D eigenvalue weighted by Crippen LogP contribution is 2.26. The van der Waals surface area contributed by atoms with Gasteiger partial charge in [-0.3, -0.25) is 0 Å². The average Bonchev–Trinajstić information content (AvgIpc) is 2.74. The fraction of sp³-hybridized carbons (Fsp3) is 0.238. The Morgan fingerprint density at radius 3 is 2.59 bits per heavy atom. The van der Waals surface area contributed by atoms with E-state index in [4.69, 9.17) is 0 Å². The maximum atomic E-state index is 2.40. The first-order chi connectivity index (χ1) is 10.7. The molecule has 1 aromatic rings. The van der Waals surface area contributed by atoms with Crippen molar-refractivity contribution in [3.63, 3.8) is 0 Å². The maximum absolute atomic E-state index is 2.40. The van der Waals surface area contributed by atoms with Gasteiger partial charge in [0.1, 0.15) is 0 Å². The predicted octanol–water partition coefficient (Wildman–Crippen LogP) is 5.80. The Kier molecular flexibility index (Phi) is 6.02. The zero-order valence-electron chi connectivity index (χ0n) is 13.7. The zero-order chi connectivity index (χ0) is 15.8. The van der Waals surface area contributed by atoms with E-state index < -0.39 is 0 Å². The van der Waals surface area contributed by atoms with E-state index in [1.165, 1.54) is 17.0 Å². The van der Waals surface area contributed by atoms with E-state index in [1.807, 2.05) is 6.92 Å². The van der Waals surface area contributed by atoms with Gasteiger partial charge in [-0.25, -0.2) is 0 Å². The second-order valence-corrected chi connectivity index (χ2v) is 5.53. The number of allylic oxidation sites excluding steroid dienone is 8. The van der Waals surface area contributed by atoms with Gasteiger partial charge >= 0.3 is 0 Å². The largest absolute Gasteiger partial charge is 0.338 e. The number of para-hydroxylation sites is 1. The molecule has 114 valence electrons. The number of anilines is 1. The third-order valence-corrected chi connectivity index (χ3v) is 3.69. The van der Waals surface area contributed by atoms with Gasteiger partial charge in [0.25, 0.3) is 0 Å². The van der Waals surface area contributed by atoms with Gasteiger partial charge < -0.3 is 4.90 Å². The van der Waals surface area contributed by atoms with E-state index in [0.29, 0.717) is 6.04 Å². The van der Waals surface area contributed by atoms with E-state index >= 15 is 0 Å². The third kappa shape index (κ3) is 4.36. The lowest BCUT2D eigenvalue weighted by Crippen LogP contribution is -2.30. The Balaban J connectivity index is 2.36. The highest BCUT2D eigenvalue weighted by atomic mass is 15.2. The molecule has 0 fully saturated rings. The molecule has 1 aliphatic rings. The van der Waals surface area contributed by atoms with E-state index in [-0.39, 0.29) is 0 Å². The van der Waals surface area contributed by atoms with Crippen LogP contribution in [0.1, 0.15) is 27.2 Å². The minimum Gasteiger partial charge on any atom is -0.338 e. The fourth-order valence-electron chi connectivity index (χ4n) is 2.57. The lowest BCUT2D eigenvalue weighted by atomic mass is 10.1. The molecule has 1 aromatic carbocycles. The summed E-state index contributed by atoms with van der Waals surface area (Å²) in [6, 6.07) is 10.9. The lowest BCUT2D eigenvalue weighted by Gasteiger charge is -2.31. The van der Waals surface area contributed by atoms with Crippen molar-refractivity contribution in [1.29, 1.82) is 0 Å². The molecule has 0 N–H and O–H groups in total. The van der Waals surface area contributed by atoms with Crippen molar-refractivity contribution in [2.24, 2.45) is 0 Å². The Bertz CT molecular complexity index is 615.